The number of methoxy groups -OCH3 is 1. The number of hydrogen-bond acceptors (Lipinski definition) is 3. The van der Waals surface area contributed by atoms with Gasteiger partial charge in [-0.2, -0.15) is 0 Å². The molecule has 0 heterocycles. The van der Waals surface area contributed by atoms with E-state index in [1.165, 1.54) is 12.8 Å². The number of ether oxygens (including phenoxy) is 1. The van der Waals surface area contributed by atoms with Gasteiger partial charge in [0.2, 0.25) is 5.91 Å². The van der Waals surface area contributed by atoms with Crippen LogP contribution in [0.3, 0.4) is 0 Å². The van der Waals surface area contributed by atoms with E-state index in [-0.39, 0.29) is 42.5 Å². The van der Waals surface area contributed by atoms with Crippen LogP contribution in [0.25, 0.3) is 0 Å². The number of guanidine groups is 1. The Balaban J connectivity index is 0.00000400. The van der Waals surface area contributed by atoms with E-state index in [2.05, 4.69) is 22.5 Å². The van der Waals surface area contributed by atoms with Crippen molar-refractivity contribution in [3.05, 3.63) is 0 Å². The van der Waals surface area contributed by atoms with E-state index >= 15 is 0 Å². The quantitative estimate of drug-likeness (QED) is 0.356. The zero-order valence-corrected chi connectivity index (χ0v) is 15.8. The van der Waals surface area contributed by atoms with Gasteiger partial charge in [-0.3, -0.25) is 4.79 Å². The Morgan fingerprint density at radius 2 is 2.10 bits per heavy atom. The van der Waals surface area contributed by atoms with Gasteiger partial charge < -0.3 is 20.3 Å². The molecule has 1 aliphatic carbocycles. The number of carbonyl (C=O) groups excluding carboxylic acids is 1. The number of aliphatic imine (C=N–C) groups is 1. The minimum atomic E-state index is -0.00249. The lowest BCUT2D eigenvalue weighted by Gasteiger charge is -2.21. The third-order valence-corrected chi connectivity index (χ3v) is 3.27. The van der Waals surface area contributed by atoms with E-state index in [0.717, 1.165) is 13.0 Å². The number of likely N-dealkylation sites (N-methyl/N-ethyl adjacent to an activating group) is 1. The molecule has 0 radical (unpaired) electrons. The van der Waals surface area contributed by atoms with Crippen molar-refractivity contribution in [3.8, 4) is 0 Å². The van der Waals surface area contributed by atoms with Gasteiger partial charge in [0, 0.05) is 27.7 Å². The van der Waals surface area contributed by atoms with E-state index in [1.807, 2.05) is 0 Å². The van der Waals surface area contributed by atoms with Crippen LogP contribution in [0.1, 0.15) is 26.2 Å². The van der Waals surface area contributed by atoms with E-state index in [9.17, 15) is 4.79 Å². The zero-order valence-electron chi connectivity index (χ0n) is 13.5. The third kappa shape index (κ3) is 8.45. The fraction of sp³-hybridized carbons (Fsp3) is 0.857. The normalized spacial score (nSPS) is 15.9. The van der Waals surface area contributed by atoms with E-state index in [4.69, 9.17) is 4.74 Å². The predicted octanol–water partition coefficient (Wildman–Crippen LogP) is 1.06. The average Bonchev–Trinajstić information content (AvgIpc) is 3.24. The van der Waals surface area contributed by atoms with Crippen molar-refractivity contribution < 1.29 is 9.53 Å². The lowest BCUT2D eigenvalue weighted by Crippen LogP contribution is -2.47. The van der Waals surface area contributed by atoms with Crippen LogP contribution in [-0.4, -0.2) is 63.7 Å². The van der Waals surface area contributed by atoms with Crippen molar-refractivity contribution in [2.24, 2.45) is 10.9 Å². The number of rotatable bonds is 8. The molecule has 6 nitrogen and oxygen atoms in total. The molecule has 0 aromatic carbocycles. The molecule has 7 heteroatoms. The Labute approximate surface area is 145 Å². The molecule has 1 unspecified atom stereocenters. The van der Waals surface area contributed by atoms with Crippen LogP contribution in [0.5, 0.6) is 0 Å². The maximum Gasteiger partial charge on any atom is 0.243 e. The Kier molecular flexibility index (Phi) is 10.8. The maximum absolute atomic E-state index is 11.6. The highest BCUT2D eigenvalue weighted by atomic mass is 127. The molecular weight excluding hydrogens is 383 g/mol. The van der Waals surface area contributed by atoms with Gasteiger partial charge in [0.1, 0.15) is 6.54 Å². The second-order valence-corrected chi connectivity index (χ2v) is 5.42. The molecule has 1 atom stereocenters. The van der Waals surface area contributed by atoms with Gasteiger partial charge in [0.05, 0.1) is 12.6 Å². The molecule has 0 spiro atoms. The fourth-order valence-corrected chi connectivity index (χ4v) is 1.83. The Bertz CT molecular complexity index is 333. The molecule has 124 valence electrons. The molecule has 0 saturated heterocycles. The van der Waals surface area contributed by atoms with Gasteiger partial charge in [0.15, 0.2) is 5.96 Å². The number of nitrogens with one attached hydrogen (secondary N) is 2. The smallest absolute Gasteiger partial charge is 0.243 e. The summed E-state index contributed by atoms with van der Waals surface area (Å²) in [7, 11) is 5.19. The summed E-state index contributed by atoms with van der Waals surface area (Å²) in [5, 5.41) is 6.64. The summed E-state index contributed by atoms with van der Waals surface area (Å²) in [6.45, 7) is 3.77. The van der Waals surface area contributed by atoms with Gasteiger partial charge in [-0.05, 0) is 25.2 Å². The fourth-order valence-electron chi connectivity index (χ4n) is 1.83. The molecule has 0 aromatic heterocycles. The molecule has 1 aliphatic rings. The van der Waals surface area contributed by atoms with Crippen LogP contribution >= 0.6 is 24.0 Å². The molecule has 0 aliphatic heterocycles. The molecule has 1 amide bonds. The molecule has 21 heavy (non-hydrogen) atoms. The van der Waals surface area contributed by atoms with Crippen molar-refractivity contribution in [2.75, 3.05) is 40.9 Å². The monoisotopic (exact) mass is 412 g/mol. The van der Waals surface area contributed by atoms with Crippen molar-refractivity contribution in [3.63, 3.8) is 0 Å². The standard InChI is InChI=1S/C14H28N4O2.HI/c1-5-8-15-14(16-9-13(19)18(2)3)17-12(10-20-4)11-6-7-11;/h11-12H,5-10H2,1-4H3,(H2,15,16,17);1H. The third-order valence-electron chi connectivity index (χ3n) is 3.27. The number of hydrogen-bond donors (Lipinski definition) is 2. The van der Waals surface area contributed by atoms with Crippen molar-refractivity contribution in [1.82, 2.24) is 15.5 Å². The summed E-state index contributed by atoms with van der Waals surface area (Å²) in [6.07, 6.45) is 3.48. The largest absolute Gasteiger partial charge is 0.383 e. The summed E-state index contributed by atoms with van der Waals surface area (Å²) in [5.41, 5.74) is 0. The lowest BCUT2D eigenvalue weighted by atomic mass is 10.2. The molecule has 0 aromatic rings. The van der Waals surface area contributed by atoms with Crippen molar-refractivity contribution in [2.45, 2.75) is 32.2 Å². The SMILES string of the molecule is CCCNC(=NCC(=O)N(C)C)NC(COC)C1CC1.I. The Morgan fingerprint density at radius 3 is 2.57 bits per heavy atom. The summed E-state index contributed by atoms with van der Waals surface area (Å²) < 4.78 is 5.25. The highest BCUT2D eigenvalue weighted by molar-refractivity contribution is 14.0. The highest BCUT2D eigenvalue weighted by Crippen LogP contribution is 2.32. The van der Waals surface area contributed by atoms with Crippen LogP contribution in [0.15, 0.2) is 4.99 Å². The molecular formula is C14H29IN4O2. The van der Waals surface area contributed by atoms with E-state index in [0.29, 0.717) is 18.5 Å². The number of nitrogens with zero attached hydrogens (tertiary/aromatic N) is 2. The van der Waals surface area contributed by atoms with Crippen LogP contribution in [0.4, 0.5) is 0 Å². The molecule has 1 rings (SSSR count). The summed E-state index contributed by atoms with van der Waals surface area (Å²) >= 11 is 0. The number of halogens is 1. The Hall–Kier alpha value is -0.570. The number of amides is 1. The second kappa shape index (κ2) is 11.1. The van der Waals surface area contributed by atoms with Gasteiger partial charge >= 0.3 is 0 Å². The zero-order chi connectivity index (χ0) is 15.0. The second-order valence-electron chi connectivity index (χ2n) is 5.42. The lowest BCUT2D eigenvalue weighted by molar-refractivity contribution is -0.127. The first-order valence-corrected chi connectivity index (χ1v) is 7.32. The summed E-state index contributed by atoms with van der Waals surface area (Å²) in [4.78, 5) is 17.5. The van der Waals surface area contributed by atoms with E-state index in [1.54, 1.807) is 26.1 Å². The number of carbonyl (C=O) groups is 1. The Morgan fingerprint density at radius 1 is 1.43 bits per heavy atom. The minimum Gasteiger partial charge on any atom is -0.383 e. The van der Waals surface area contributed by atoms with Gasteiger partial charge in [-0.25, -0.2) is 4.99 Å². The predicted molar refractivity (Wildman–Crippen MR) is 96.2 cm³/mol. The van der Waals surface area contributed by atoms with Crippen molar-refractivity contribution >= 4 is 35.8 Å². The first kappa shape index (κ1) is 20.4. The maximum atomic E-state index is 11.6. The topological polar surface area (TPSA) is 66.0 Å². The van der Waals surface area contributed by atoms with Gasteiger partial charge in [-0.1, -0.05) is 6.92 Å². The van der Waals surface area contributed by atoms with Crippen LogP contribution in [-0.2, 0) is 9.53 Å². The van der Waals surface area contributed by atoms with Gasteiger partial charge in [0.25, 0.3) is 0 Å². The molecule has 1 fully saturated rings. The van der Waals surface area contributed by atoms with Crippen LogP contribution in [0.2, 0.25) is 0 Å². The molecule has 2 N–H and O–H groups in total. The minimum absolute atomic E-state index is 0. The first-order valence-electron chi connectivity index (χ1n) is 7.32. The first-order chi connectivity index (χ1) is 9.58. The van der Waals surface area contributed by atoms with Crippen LogP contribution < -0.4 is 10.6 Å². The van der Waals surface area contributed by atoms with Crippen LogP contribution in [0, 0.1) is 5.92 Å². The summed E-state index contributed by atoms with van der Waals surface area (Å²) in [5.74, 6) is 1.36. The molecule has 0 bridgehead atoms. The van der Waals surface area contributed by atoms with Gasteiger partial charge in [-0.15, -0.1) is 24.0 Å². The molecule has 1 saturated carbocycles. The average molecular weight is 412 g/mol. The van der Waals surface area contributed by atoms with E-state index < -0.39 is 0 Å². The summed E-state index contributed by atoms with van der Waals surface area (Å²) in [6, 6.07) is 0.276. The highest BCUT2D eigenvalue weighted by Gasteiger charge is 2.31. The van der Waals surface area contributed by atoms with Crippen molar-refractivity contribution in [1.29, 1.82) is 0 Å².